The number of carbonyl (C=O) groups excluding carboxylic acids is 2. The van der Waals surface area contributed by atoms with Crippen molar-refractivity contribution in [2.45, 2.75) is 91.0 Å². The normalized spacial score (nSPS) is 17.9. The molecule has 1 amide bonds. The number of carbonyl (C=O) groups is 2. The average Bonchev–Trinajstić information content (AvgIpc) is 3.18. The van der Waals surface area contributed by atoms with E-state index in [0.717, 1.165) is 43.2 Å². The molecule has 1 aliphatic rings. The summed E-state index contributed by atoms with van der Waals surface area (Å²) in [5, 5.41) is 0. The molecule has 0 aromatic heterocycles. The predicted octanol–water partition coefficient (Wildman–Crippen LogP) is 6.33. The van der Waals surface area contributed by atoms with Crippen LogP contribution in [0.2, 0.25) is 0 Å². The summed E-state index contributed by atoms with van der Waals surface area (Å²) < 4.78 is 16.8. The molecule has 0 radical (unpaired) electrons. The van der Waals surface area contributed by atoms with Crippen LogP contribution in [0.4, 0.5) is 4.79 Å². The second-order valence-electron chi connectivity index (χ2n) is 9.25. The fourth-order valence-corrected chi connectivity index (χ4v) is 3.69. The van der Waals surface area contributed by atoms with Crippen molar-refractivity contribution >= 4 is 12.1 Å². The van der Waals surface area contributed by atoms with Crippen LogP contribution in [0.5, 0.6) is 0 Å². The molecule has 6 heteroatoms. The fraction of sp³-hybridized carbons (Fsp3) is 0.593. The first-order valence-corrected chi connectivity index (χ1v) is 12.0. The Labute approximate surface area is 198 Å². The third-order valence-corrected chi connectivity index (χ3v) is 5.25. The zero-order chi connectivity index (χ0) is 24.3. The molecule has 2 atom stereocenters. The summed E-state index contributed by atoms with van der Waals surface area (Å²) in [6.07, 6.45) is 6.02. The van der Waals surface area contributed by atoms with E-state index in [1.54, 1.807) is 17.9 Å². The van der Waals surface area contributed by atoms with Crippen LogP contribution in [0, 0.1) is 0 Å². The molecule has 1 saturated heterocycles. The van der Waals surface area contributed by atoms with Crippen LogP contribution >= 0.6 is 0 Å². The summed E-state index contributed by atoms with van der Waals surface area (Å²) >= 11 is 0. The number of nitrogens with zero attached hydrogens (tertiary/aromatic N) is 1. The number of esters is 1. The Morgan fingerprint density at radius 3 is 2.52 bits per heavy atom. The largest absolute Gasteiger partial charge is 0.466 e. The average molecular weight is 458 g/mol. The minimum Gasteiger partial charge on any atom is -0.466 e. The van der Waals surface area contributed by atoms with Gasteiger partial charge in [0.2, 0.25) is 0 Å². The third-order valence-electron chi connectivity index (χ3n) is 5.25. The van der Waals surface area contributed by atoms with Crippen molar-refractivity contribution < 1.29 is 23.8 Å². The molecule has 0 saturated carbocycles. The number of hydrogen-bond donors (Lipinski definition) is 0. The van der Waals surface area contributed by atoms with E-state index in [4.69, 9.17) is 14.2 Å². The van der Waals surface area contributed by atoms with E-state index in [1.165, 1.54) is 0 Å². The van der Waals surface area contributed by atoms with E-state index < -0.39 is 17.9 Å². The van der Waals surface area contributed by atoms with E-state index in [0.29, 0.717) is 13.2 Å². The molecule has 1 fully saturated rings. The smallest absolute Gasteiger partial charge is 0.413 e. The van der Waals surface area contributed by atoms with Crippen molar-refractivity contribution in [2.24, 2.45) is 0 Å². The van der Waals surface area contributed by atoms with E-state index >= 15 is 0 Å². The van der Waals surface area contributed by atoms with Gasteiger partial charge in [0.05, 0.1) is 25.7 Å². The maximum absolute atomic E-state index is 13.1. The molecule has 1 aromatic carbocycles. The zero-order valence-electron chi connectivity index (χ0n) is 20.8. The lowest BCUT2D eigenvalue weighted by atomic mass is 10.0. The Morgan fingerprint density at radius 1 is 1.15 bits per heavy atom. The maximum Gasteiger partial charge on any atom is 0.413 e. The topological polar surface area (TPSA) is 65.1 Å². The number of amides is 1. The van der Waals surface area contributed by atoms with Gasteiger partial charge in [-0.2, -0.15) is 0 Å². The Bertz CT molecular complexity index is 821. The number of hydrogen-bond acceptors (Lipinski definition) is 5. The van der Waals surface area contributed by atoms with Crippen LogP contribution < -0.4 is 0 Å². The first-order chi connectivity index (χ1) is 15.7. The molecule has 0 bridgehead atoms. The summed E-state index contributed by atoms with van der Waals surface area (Å²) in [5.41, 5.74) is 4.48. The molecule has 0 unspecified atom stereocenters. The Morgan fingerprint density at radius 2 is 1.88 bits per heavy atom. The highest BCUT2D eigenvalue weighted by atomic mass is 16.6. The highest BCUT2D eigenvalue weighted by molar-refractivity contribution is 5.72. The predicted molar refractivity (Wildman–Crippen MR) is 129 cm³/mol. The SMILES string of the molecule is CCCCCCC(=C=C[C@H]1OC[C@@H](c2ccccc2)N1C(=O)OC(C)(C)C)CC(=O)OCC. The first kappa shape index (κ1) is 26.7. The molecule has 6 nitrogen and oxygen atoms in total. The Kier molecular flexibility index (Phi) is 10.7. The van der Waals surface area contributed by atoms with Crippen molar-refractivity contribution in [1.82, 2.24) is 4.90 Å². The summed E-state index contributed by atoms with van der Waals surface area (Å²) in [4.78, 5) is 26.8. The van der Waals surface area contributed by atoms with Gasteiger partial charge in [-0.05, 0) is 51.7 Å². The van der Waals surface area contributed by atoms with E-state index in [-0.39, 0.29) is 18.4 Å². The number of ether oxygens (including phenoxy) is 3. The summed E-state index contributed by atoms with van der Waals surface area (Å²) in [6, 6.07) is 9.53. The Hall–Kier alpha value is -2.56. The van der Waals surface area contributed by atoms with E-state index in [1.807, 2.05) is 51.1 Å². The van der Waals surface area contributed by atoms with E-state index in [9.17, 15) is 9.59 Å². The molecular formula is C27H39NO5. The van der Waals surface area contributed by atoms with Crippen LogP contribution in [0.1, 0.15) is 84.7 Å². The molecular weight excluding hydrogens is 418 g/mol. The van der Waals surface area contributed by atoms with Gasteiger partial charge in [0.1, 0.15) is 5.60 Å². The molecule has 2 rings (SSSR count). The minimum absolute atomic E-state index is 0.192. The quantitative estimate of drug-likeness (QED) is 0.233. The molecule has 0 N–H and O–H groups in total. The summed E-state index contributed by atoms with van der Waals surface area (Å²) in [6.45, 7) is 10.2. The van der Waals surface area contributed by atoms with Crippen LogP contribution in [0.15, 0.2) is 47.7 Å². The van der Waals surface area contributed by atoms with Gasteiger partial charge in [-0.25, -0.2) is 4.79 Å². The number of benzene rings is 1. The number of unbranched alkanes of at least 4 members (excludes halogenated alkanes) is 3. The molecule has 1 aromatic rings. The van der Waals surface area contributed by atoms with Gasteiger partial charge >= 0.3 is 12.1 Å². The van der Waals surface area contributed by atoms with Crippen molar-refractivity contribution in [2.75, 3.05) is 13.2 Å². The lowest BCUT2D eigenvalue weighted by molar-refractivity contribution is -0.142. The van der Waals surface area contributed by atoms with Gasteiger partial charge in [-0.3, -0.25) is 9.69 Å². The molecule has 1 aliphatic heterocycles. The van der Waals surface area contributed by atoms with Gasteiger partial charge in [-0.1, -0.05) is 56.5 Å². The van der Waals surface area contributed by atoms with Crippen LogP contribution in [-0.2, 0) is 19.0 Å². The van der Waals surface area contributed by atoms with Crippen molar-refractivity contribution in [3.05, 3.63) is 53.3 Å². The van der Waals surface area contributed by atoms with Crippen molar-refractivity contribution in [1.29, 1.82) is 0 Å². The number of rotatable bonds is 10. The summed E-state index contributed by atoms with van der Waals surface area (Å²) in [5.74, 6) is -0.262. The monoisotopic (exact) mass is 457 g/mol. The lowest BCUT2D eigenvalue weighted by Crippen LogP contribution is -2.40. The zero-order valence-corrected chi connectivity index (χ0v) is 20.8. The minimum atomic E-state index is -0.627. The molecule has 182 valence electrons. The van der Waals surface area contributed by atoms with Crippen molar-refractivity contribution in [3.8, 4) is 0 Å². The lowest BCUT2D eigenvalue weighted by Gasteiger charge is -2.30. The van der Waals surface area contributed by atoms with Gasteiger partial charge in [-0.15, -0.1) is 5.73 Å². The van der Waals surface area contributed by atoms with E-state index in [2.05, 4.69) is 12.7 Å². The molecule has 0 spiro atoms. The van der Waals surface area contributed by atoms with Gasteiger partial charge in [0, 0.05) is 6.08 Å². The molecule has 0 aliphatic carbocycles. The highest BCUT2D eigenvalue weighted by Crippen LogP contribution is 2.32. The van der Waals surface area contributed by atoms with Crippen LogP contribution in [-0.4, -0.2) is 42.0 Å². The standard InChI is InChI=1S/C27H39NO5/c1-6-8-9-11-14-21(19-25(29)31-7-2)17-18-24-28(26(30)33-27(3,4)5)23(20-32-24)22-15-12-10-13-16-22/h10,12-13,15-16,18,23-24H,6-9,11,14,19-20H2,1-5H3/t17?,23-,24+/m0/s1. The van der Waals surface area contributed by atoms with Crippen LogP contribution in [0.25, 0.3) is 0 Å². The van der Waals surface area contributed by atoms with Crippen LogP contribution in [0.3, 0.4) is 0 Å². The highest BCUT2D eigenvalue weighted by Gasteiger charge is 2.40. The molecule has 1 heterocycles. The first-order valence-electron chi connectivity index (χ1n) is 12.0. The van der Waals surface area contributed by atoms with Crippen molar-refractivity contribution in [3.63, 3.8) is 0 Å². The van der Waals surface area contributed by atoms with Gasteiger partial charge in [0.15, 0.2) is 6.23 Å². The second-order valence-corrected chi connectivity index (χ2v) is 9.25. The molecule has 33 heavy (non-hydrogen) atoms. The Balaban J connectivity index is 2.29. The van der Waals surface area contributed by atoms with Gasteiger partial charge in [0.25, 0.3) is 0 Å². The second kappa shape index (κ2) is 13.2. The third kappa shape index (κ3) is 9.07. The fourth-order valence-electron chi connectivity index (χ4n) is 3.69. The van der Waals surface area contributed by atoms with Gasteiger partial charge < -0.3 is 14.2 Å². The maximum atomic E-state index is 13.1. The summed E-state index contributed by atoms with van der Waals surface area (Å²) in [7, 11) is 0.